The monoisotopic (exact) mass is 266 g/mol. The molecule has 0 amide bonds. The average molecular weight is 266 g/mol. The number of unbranched alkanes of at least 4 members (excludes halogenated alkanes) is 10. The summed E-state index contributed by atoms with van der Waals surface area (Å²) in [5.74, 6) is 0. The van der Waals surface area contributed by atoms with Gasteiger partial charge in [0.15, 0.2) is 0 Å². The minimum atomic E-state index is -3.13. The van der Waals surface area contributed by atoms with Crippen LogP contribution in [0.5, 0.6) is 0 Å². The zero-order valence-corrected chi connectivity index (χ0v) is 12.6. The van der Waals surface area contributed by atoms with Gasteiger partial charge in [0.1, 0.15) is 0 Å². The van der Waals surface area contributed by atoms with E-state index in [4.69, 9.17) is 14.4 Å². The van der Waals surface area contributed by atoms with E-state index < -0.39 is 8.25 Å². The summed E-state index contributed by atoms with van der Waals surface area (Å²) in [6.07, 6.45) is 15.9. The second-order valence-corrected chi connectivity index (χ2v) is 5.03. The van der Waals surface area contributed by atoms with Gasteiger partial charge in [0.2, 0.25) is 0 Å². The molecule has 106 valence electrons. The molecule has 0 saturated heterocycles. The summed E-state index contributed by atoms with van der Waals surface area (Å²) in [6, 6.07) is 0. The van der Waals surface area contributed by atoms with Crippen LogP contribution in [0.4, 0.5) is 0 Å². The topological polar surface area (TPSA) is 57.5 Å². The highest BCUT2D eigenvalue weighted by Crippen LogP contribution is 2.10. The standard InChI is InChI=1S/C13H28.H3O3P/c1-3-5-7-9-11-13-12-10-8-6-4-2;1-4(2)3/h3-13H2,1-2H3;4H,(H2,1,2,3). The predicted octanol–water partition coefficient (Wildman–Crippen LogP) is 4.68. The molecule has 2 N–H and O–H groups in total. The largest absolute Gasteiger partial charge is 0.326 e. The van der Waals surface area contributed by atoms with Crippen LogP contribution in [0.1, 0.15) is 84.5 Å². The van der Waals surface area contributed by atoms with Crippen LogP contribution in [0.3, 0.4) is 0 Å². The van der Waals surface area contributed by atoms with E-state index >= 15 is 0 Å². The van der Waals surface area contributed by atoms with Crippen LogP contribution >= 0.6 is 8.25 Å². The van der Waals surface area contributed by atoms with E-state index in [0.717, 1.165) is 0 Å². The molecule has 3 nitrogen and oxygen atoms in total. The molecule has 0 atom stereocenters. The van der Waals surface area contributed by atoms with Gasteiger partial charge < -0.3 is 9.79 Å². The van der Waals surface area contributed by atoms with Crippen molar-refractivity contribution < 1.29 is 14.4 Å². The average Bonchev–Trinajstić information content (AvgIpc) is 2.26. The third kappa shape index (κ3) is 31.4. The molecular weight excluding hydrogens is 235 g/mol. The Balaban J connectivity index is 0. The first-order valence-electron chi connectivity index (χ1n) is 7.07. The molecule has 0 aliphatic heterocycles. The van der Waals surface area contributed by atoms with Crippen molar-refractivity contribution in [1.82, 2.24) is 0 Å². The lowest BCUT2D eigenvalue weighted by Crippen LogP contribution is -1.80. The van der Waals surface area contributed by atoms with Crippen LogP contribution in [0, 0.1) is 0 Å². The number of hydrogen-bond donors (Lipinski definition) is 2. The maximum atomic E-state index is 8.74. The first-order chi connectivity index (χ1) is 8.15. The van der Waals surface area contributed by atoms with Crippen molar-refractivity contribution in [2.75, 3.05) is 0 Å². The molecule has 0 bridgehead atoms. The van der Waals surface area contributed by atoms with Crippen molar-refractivity contribution >= 4 is 8.25 Å². The lowest BCUT2D eigenvalue weighted by molar-refractivity contribution is 0.405. The molecule has 0 aromatic carbocycles. The Bertz CT molecular complexity index is 138. The Morgan fingerprint density at radius 1 is 0.647 bits per heavy atom. The first kappa shape index (κ1) is 19.5. The minimum absolute atomic E-state index is 1.37. The molecule has 0 rings (SSSR count). The highest BCUT2D eigenvalue weighted by atomic mass is 31.1. The fourth-order valence-corrected chi connectivity index (χ4v) is 1.74. The van der Waals surface area contributed by atoms with Crippen molar-refractivity contribution in [3.63, 3.8) is 0 Å². The van der Waals surface area contributed by atoms with Crippen LogP contribution in [-0.4, -0.2) is 9.79 Å². The van der Waals surface area contributed by atoms with Crippen LogP contribution in [0.25, 0.3) is 0 Å². The van der Waals surface area contributed by atoms with Crippen LogP contribution < -0.4 is 0 Å². The van der Waals surface area contributed by atoms with Gasteiger partial charge in [-0.25, -0.2) is 0 Å². The van der Waals surface area contributed by atoms with E-state index in [1.54, 1.807) is 0 Å². The quantitative estimate of drug-likeness (QED) is 0.446. The van der Waals surface area contributed by atoms with Gasteiger partial charge in [-0.05, 0) is 0 Å². The Morgan fingerprint density at radius 2 is 0.824 bits per heavy atom. The zero-order chi connectivity index (χ0) is 13.4. The Morgan fingerprint density at radius 3 is 1.00 bits per heavy atom. The summed E-state index contributed by atoms with van der Waals surface area (Å²) < 4.78 is 8.74. The fraction of sp³-hybridized carbons (Fsp3) is 1.00. The molecular formula is C13H31O3P. The van der Waals surface area contributed by atoms with Gasteiger partial charge in [-0.3, -0.25) is 4.57 Å². The summed E-state index contributed by atoms with van der Waals surface area (Å²) in [5.41, 5.74) is 0. The summed E-state index contributed by atoms with van der Waals surface area (Å²) >= 11 is 0. The van der Waals surface area contributed by atoms with Gasteiger partial charge in [0.25, 0.3) is 0 Å². The Hall–Kier alpha value is 0.150. The normalized spacial score (nSPS) is 10.2. The molecule has 17 heavy (non-hydrogen) atoms. The highest BCUT2D eigenvalue weighted by Gasteiger charge is 1.90. The van der Waals surface area contributed by atoms with Crippen molar-refractivity contribution in [2.45, 2.75) is 84.5 Å². The summed E-state index contributed by atoms with van der Waals surface area (Å²) in [4.78, 5) is 14.3. The molecule has 0 unspecified atom stereocenters. The molecule has 0 aliphatic rings. The highest BCUT2D eigenvalue weighted by molar-refractivity contribution is 7.30. The number of rotatable bonds is 10. The Kier molecular flexibility index (Phi) is 21.2. The Labute approximate surface area is 108 Å². The van der Waals surface area contributed by atoms with E-state index in [0.29, 0.717) is 0 Å². The third-order valence-electron chi connectivity index (χ3n) is 2.71. The molecule has 0 heterocycles. The molecule has 4 heteroatoms. The van der Waals surface area contributed by atoms with Crippen LogP contribution in [0.2, 0.25) is 0 Å². The molecule has 0 aliphatic carbocycles. The molecule has 0 saturated carbocycles. The van der Waals surface area contributed by atoms with Crippen molar-refractivity contribution in [3.05, 3.63) is 0 Å². The second-order valence-electron chi connectivity index (χ2n) is 4.46. The summed E-state index contributed by atoms with van der Waals surface area (Å²) in [5, 5.41) is 0. The van der Waals surface area contributed by atoms with E-state index in [1.165, 1.54) is 70.6 Å². The van der Waals surface area contributed by atoms with E-state index in [1.807, 2.05) is 0 Å². The second kappa shape index (κ2) is 18.5. The van der Waals surface area contributed by atoms with Gasteiger partial charge in [0, 0.05) is 0 Å². The SMILES string of the molecule is CCCCCCCCCCCCC.O=[PH](O)O. The van der Waals surface area contributed by atoms with Gasteiger partial charge in [-0.15, -0.1) is 0 Å². The zero-order valence-electron chi connectivity index (χ0n) is 11.6. The van der Waals surface area contributed by atoms with Crippen molar-refractivity contribution in [2.24, 2.45) is 0 Å². The summed E-state index contributed by atoms with van der Waals surface area (Å²) in [7, 11) is -3.13. The molecule has 0 radical (unpaired) electrons. The van der Waals surface area contributed by atoms with Gasteiger partial charge in [0.05, 0.1) is 0 Å². The molecule has 0 spiro atoms. The fourth-order valence-electron chi connectivity index (χ4n) is 1.74. The van der Waals surface area contributed by atoms with E-state index in [2.05, 4.69) is 13.8 Å². The smallest absolute Gasteiger partial charge is 0.314 e. The van der Waals surface area contributed by atoms with Crippen molar-refractivity contribution in [3.8, 4) is 0 Å². The lowest BCUT2D eigenvalue weighted by atomic mass is 10.1. The van der Waals surface area contributed by atoms with Crippen molar-refractivity contribution in [1.29, 1.82) is 0 Å². The number of hydrogen-bond acceptors (Lipinski definition) is 1. The predicted molar refractivity (Wildman–Crippen MR) is 75.6 cm³/mol. The summed E-state index contributed by atoms with van der Waals surface area (Å²) in [6.45, 7) is 4.56. The van der Waals surface area contributed by atoms with Gasteiger partial charge in [-0.1, -0.05) is 84.5 Å². The van der Waals surface area contributed by atoms with Crippen LogP contribution in [0.15, 0.2) is 0 Å². The minimum Gasteiger partial charge on any atom is -0.326 e. The molecule has 0 aromatic heterocycles. The van der Waals surface area contributed by atoms with E-state index in [-0.39, 0.29) is 0 Å². The lowest BCUT2D eigenvalue weighted by Gasteiger charge is -2.00. The maximum absolute atomic E-state index is 8.74. The maximum Gasteiger partial charge on any atom is 0.314 e. The molecule has 0 fully saturated rings. The van der Waals surface area contributed by atoms with Gasteiger partial charge >= 0.3 is 8.25 Å². The van der Waals surface area contributed by atoms with Crippen LogP contribution in [-0.2, 0) is 4.57 Å². The molecule has 0 aromatic rings. The first-order valence-corrected chi connectivity index (χ1v) is 8.37. The van der Waals surface area contributed by atoms with Gasteiger partial charge in [-0.2, -0.15) is 0 Å². The third-order valence-corrected chi connectivity index (χ3v) is 2.71. The van der Waals surface area contributed by atoms with E-state index in [9.17, 15) is 0 Å².